The summed E-state index contributed by atoms with van der Waals surface area (Å²) < 4.78 is 28.1. The summed E-state index contributed by atoms with van der Waals surface area (Å²) in [5, 5.41) is 0.557. The fourth-order valence-corrected chi connectivity index (χ4v) is 6.36. The fourth-order valence-electron chi connectivity index (χ4n) is 4.30. The summed E-state index contributed by atoms with van der Waals surface area (Å²) in [5.41, 5.74) is 6.52. The number of hydrogen-bond acceptors (Lipinski definition) is 4. The second kappa shape index (κ2) is 5.46. The molecule has 4 unspecified atom stereocenters. The van der Waals surface area contributed by atoms with Crippen LogP contribution in [0.5, 0.6) is 0 Å². The van der Waals surface area contributed by atoms with E-state index in [2.05, 4.69) is 10.9 Å². The number of piperidine rings is 2. The molecule has 0 radical (unpaired) electrons. The smallest absolute Gasteiger partial charge is 0.243 e. The Kier molecular flexibility index (Phi) is 3.70. The molecule has 3 aliphatic rings. The highest BCUT2D eigenvalue weighted by Crippen LogP contribution is 2.41. The van der Waals surface area contributed by atoms with Gasteiger partial charge in [-0.25, -0.2) is 8.42 Å². The van der Waals surface area contributed by atoms with E-state index in [-0.39, 0.29) is 12.1 Å². The van der Waals surface area contributed by atoms with Crippen molar-refractivity contribution in [2.24, 2.45) is 5.92 Å². The van der Waals surface area contributed by atoms with Gasteiger partial charge in [-0.3, -0.25) is 10.9 Å². The topological polar surface area (TPSA) is 61.4 Å². The SMILES string of the molecule is O=S(=O)(c1ccc(Cl)cc1)N1C2CCCC1C1CNNC1C2. The maximum Gasteiger partial charge on any atom is 0.243 e. The van der Waals surface area contributed by atoms with Gasteiger partial charge >= 0.3 is 0 Å². The maximum atomic E-state index is 13.1. The molecule has 120 valence electrons. The molecule has 22 heavy (non-hydrogen) atoms. The van der Waals surface area contributed by atoms with Crippen LogP contribution in [0.1, 0.15) is 25.7 Å². The second-order valence-electron chi connectivity index (χ2n) is 6.47. The average Bonchev–Trinajstić information content (AvgIpc) is 2.95. The van der Waals surface area contributed by atoms with Gasteiger partial charge in [-0.05, 0) is 43.5 Å². The first-order valence-corrected chi connectivity index (χ1v) is 9.66. The minimum Gasteiger partial charge on any atom is -0.257 e. The van der Waals surface area contributed by atoms with Gasteiger partial charge in [-0.1, -0.05) is 18.0 Å². The molecular weight excluding hydrogens is 322 g/mol. The number of nitrogens with one attached hydrogen (secondary N) is 2. The van der Waals surface area contributed by atoms with E-state index in [1.165, 1.54) is 0 Å². The van der Waals surface area contributed by atoms with E-state index in [4.69, 9.17) is 11.6 Å². The first-order chi connectivity index (χ1) is 10.6. The Morgan fingerprint density at radius 1 is 1.18 bits per heavy atom. The van der Waals surface area contributed by atoms with E-state index < -0.39 is 10.0 Å². The third kappa shape index (κ3) is 2.29. The van der Waals surface area contributed by atoms with Crippen molar-refractivity contribution >= 4 is 21.6 Å². The lowest BCUT2D eigenvalue weighted by atomic mass is 9.77. The van der Waals surface area contributed by atoms with Crippen molar-refractivity contribution < 1.29 is 8.42 Å². The Morgan fingerprint density at radius 3 is 2.73 bits per heavy atom. The van der Waals surface area contributed by atoms with E-state index in [0.717, 1.165) is 32.2 Å². The molecule has 3 fully saturated rings. The summed E-state index contributed by atoms with van der Waals surface area (Å²) in [5.74, 6) is 0.360. The van der Waals surface area contributed by atoms with Crippen LogP contribution in [0, 0.1) is 5.92 Å². The monoisotopic (exact) mass is 341 g/mol. The number of rotatable bonds is 2. The summed E-state index contributed by atoms with van der Waals surface area (Å²) in [6.07, 6.45) is 3.91. The molecule has 3 aliphatic heterocycles. The van der Waals surface area contributed by atoms with Crippen molar-refractivity contribution in [1.82, 2.24) is 15.2 Å². The van der Waals surface area contributed by atoms with Crippen LogP contribution >= 0.6 is 11.6 Å². The van der Waals surface area contributed by atoms with Crippen LogP contribution in [0.4, 0.5) is 0 Å². The van der Waals surface area contributed by atoms with Gasteiger partial charge < -0.3 is 0 Å². The molecule has 4 atom stereocenters. The first kappa shape index (κ1) is 14.9. The number of halogens is 1. The van der Waals surface area contributed by atoms with Crippen molar-refractivity contribution in [1.29, 1.82) is 0 Å². The quantitative estimate of drug-likeness (QED) is 0.860. The van der Waals surface area contributed by atoms with Crippen LogP contribution in [0.2, 0.25) is 5.02 Å². The molecule has 4 rings (SSSR count). The summed E-state index contributed by atoms with van der Waals surface area (Å²) in [4.78, 5) is 0.353. The average molecular weight is 342 g/mol. The van der Waals surface area contributed by atoms with Crippen molar-refractivity contribution in [3.63, 3.8) is 0 Å². The Morgan fingerprint density at radius 2 is 1.95 bits per heavy atom. The summed E-state index contributed by atoms with van der Waals surface area (Å²) in [6.45, 7) is 0.842. The predicted octanol–water partition coefficient (Wildman–Crippen LogP) is 1.75. The third-order valence-electron chi connectivity index (χ3n) is 5.28. The normalized spacial score (nSPS) is 35.3. The molecule has 2 N–H and O–H groups in total. The standard InChI is InChI=1S/C15H20ClN3O2S/c16-10-4-6-12(7-5-10)22(20,21)19-11-2-1-3-15(19)13-9-17-18-14(13)8-11/h4-7,11,13-15,17-18H,1-3,8-9H2. The van der Waals surface area contributed by atoms with Gasteiger partial charge in [0.2, 0.25) is 10.0 Å². The number of benzene rings is 1. The van der Waals surface area contributed by atoms with Gasteiger partial charge in [-0.2, -0.15) is 4.31 Å². The fraction of sp³-hybridized carbons (Fsp3) is 0.600. The van der Waals surface area contributed by atoms with Gasteiger partial charge in [0.05, 0.1) is 4.90 Å². The number of nitrogens with zero attached hydrogens (tertiary/aromatic N) is 1. The van der Waals surface area contributed by atoms with Crippen LogP contribution in [-0.4, -0.2) is 37.4 Å². The predicted molar refractivity (Wildman–Crippen MR) is 84.9 cm³/mol. The molecule has 3 heterocycles. The van der Waals surface area contributed by atoms with Gasteiger partial charge in [0.25, 0.3) is 0 Å². The van der Waals surface area contributed by atoms with Crippen molar-refractivity contribution in [2.45, 2.75) is 48.7 Å². The summed E-state index contributed by atoms with van der Waals surface area (Å²) >= 11 is 5.89. The zero-order valence-corrected chi connectivity index (χ0v) is 13.8. The first-order valence-electron chi connectivity index (χ1n) is 7.85. The van der Waals surface area contributed by atoms with E-state index in [9.17, 15) is 8.42 Å². The van der Waals surface area contributed by atoms with Crippen LogP contribution in [-0.2, 0) is 10.0 Å². The number of fused-ring (bicyclic) bond motifs is 4. The Bertz CT molecular complexity index is 664. The van der Waals surface area contributed by atoms with Crippen LogP contribution in [0.3, 0.4) is 0 Å². The minimum atomic E-state index is -3.46. The lowest BCUT2D eigenvalue weighted by Gasteiger charge is -2.49. The Balaban J connectivity index is 1.72. The van der Waals surface area contributed by atoms with Gasteiger partial charge in [0.1, 0.15) is 0 Å². The highest BCUT2D eigenvalue weighted by atomic mass is 35.5. The number of sulfonamides is 1. The number of hydrazine groups is 1. The zero-order chi connectivity index (χ0) is 15.3. The van der Waals surface area contributed by atoms with Crippen molar-refractivity contribution in [3.05, 3.63) is 29.3 Å². The third-order valence-corrected chi connectivity index (χ3v) is 7.52. The summed E-state index contributed by atoms with van der Waals surface area (Å²) in [7, 11) is -3.46. The molecular formula is C15H20ClN3O2S. The van der Waals surface area contributed by atoms with Crippen LogP contribution in [0.15, 0.2) is 29.2 Å². The van der Waals surface area contributed by atoms with Crippen LogP contribution in [0.25, 0.3) is 0 Å². The molecule has 0 amide bonds. The molecule has 0 saturated carbocycles. The summed E-state index contributed by atoms with van der Waals surface area (Å²) in [6, 6.07) is 7.13. The van der Waals surface area contributed by atoms with E-state index >= 15 is 0 Å². The highest BCUT2D eigenvalue weighted by molar-refractivity contribution is 7.89. The molecule has 0 aliphatic carbocycles. The largest absolute Gasteiger partial charge is 0.257 e. The molecule has 0 spiro atoms. The molecule has 1 aromatic rings. The number of hydrogen-bond donors (Lipinski definition) is 2. The maximum absolute atomic E-state index is 13.1. The lowest BCUT2D eigenvalue weighted by molar-refractivity contribution is 0.0686. The van der Waals surface area contributed by atoms with Gasteiger partial charge in [0, 0.05) is 35.6 Å². The van der Waals surface area contributed by atoms with E-state index in [0.29, 0.717) is 21.9 Å². The van der Waals surface area contributed by atoms with Crippen molar-refractivity contribution in [3.8, 4) is 0 Å². The van der Waals surface area contributed by atoms with Gasteiger partial charge in [0.15, 0.2) is 0 Å². The minimum absolute atomic E-state index is 0.0979. The molecule has 1 aromatic carbocycles. The van der Waals surface area contributed by atoms with E-state index in [1.807, 2.05) is 0 Å². The molecule has 0 aromatic heterocycles. The van der Waals surface area contributed by atoms with Gasteiger partial charge in [-0.15, -0.1) is 0 Å². The molecule has 7 heteroatoms. The molecule has 3 saturated heterocycles. The lowest BCUT2D eigenvalue weighted by Crippen LogP contribution is -2.61. The van der Waals surface area contributed by atoms with Crippen LogP contribution < -0.4 is 10.9 Å². The van der Waals surface area contributed by atoms with Crippen molar-refractivity contribution in [2.75, 3.05) is 6.54 Å². The molecule has 5 nitrogen and oxygen atoms in total. The second-order valence-corrected chi connectivity index (χ2v) is 8.75. The molecule has 2 bridgehead atoms. The highest BCUT2D eigenvalue weighted by Gasteiger charge is 2.51. The zero-order valence-electron chi connectivity index (χ0n) is 12.2. The Hall–Kier alpha value is -0.660. The van der Waals surface area contributed by atoms with E-state index in [1.54, 1.807) is 28.6 Å². The Labute approximate surface area is 136 Å².